The quantitative estimate of drug-likeness (QED) is 0.548. The van der Waals surface area contributed by atoms with E-state index in [2.05, 4.69) is 5.43 Å². The minimum atomic E-state index is -4.51. The van der Waals surface area contributed by atoms with E-state index in [0.717, 1.165) is 38.3 Å². The van der Waals surface area contributed by atoms with Crippen LogP contribution in [-0.4, -0.2) is 38.0 Å². The van der Waals surface area contributed by atoms with Crippen molar-refractivity contribution in [3.05, 3.63) is 31.3 Å². The van der Waals surface area contributed by atoms with E-state index < -0.39 is 48.1 Å². The molecule has 3 N–H and O–H groups in total. The summed E-state index contributed by atoms with van der Waals surface area (Å²) in [5, 5.41) is 0.871. The van der Waals surface area contributed by atoms with Crippen LogP contribution in [0.15, 0.2) is 9.59 Å². The first-order chi connectivity index (χ1) is 16.4. The highest BCUT2D eigenvalue weighted by Crippen LogP contribution is 2.46. The largest absolute Gasteiger partial charge is 0.443 e. The van der Waals surface area contributed by atoms with Gasteiger partial charge in [0, 0.05) is 18.0 Å². The van der Waals surface area contributed by atoms with E-state index in [-0.39, 0.29) is 28.7 Å². The van der Waals surface area contributed by atoms with Crippen molar-refractivity contribution < 1.29 is 27.5 Å². The Labute approximate surface area is 208 Å². The van der Waals surface area contributed by atoms with Crippen LogP contribution in [0.2, 0.25) is 0 Å². The zero-order valence-electron chi connectivity index (χ0n) is 20.7. The third-order valence-corrected chi connectivity index (χ3v) is 7.15. The van der Waals surface area contributed by atoms with Crippen molar-refractivity contribution in [1.82, 2.24) is 19.6 Å². The fourth-order valence-electron chi connectivity index (χ4n) is 3.65. The predicted octanol–water partition coefficient (Wildman–Crippen LogP) is 3.61. The van der Waals surface area contributed by atoms with Crippen molar-refractivity contribution in [2.24, 2.45) is 11.1 Å². The summed E-state index contributed by atoms with van der Waals surface area (Å²) < 4.78 is 46.2. The lowest BCUT2D eigenvalue weighted by Crippen LogP contribution is -2.49. The number of urea groups is 1. The number of hydrogen-bond acceptors (Lipinski definition) is 6. The van der Waals surface area contributed by atoms with Gasteiger partial charge in [0.2, 0.25) is 0 Å². The third kappa shape index (κ3) is 6.39. The fourth-order valence-corrected chi connectivity index (χ4v) is 4.95. The molecule has 1 fully saturated rings. The van der Waals surface area contributed by atoms with Gasteiger partial charge in [-0.05, 0) is 51.5 Å². The normalized spacial score (nSPS) is 15.1. The lowest BCUT2D eigenvalue weighted by Gasteiger charge is -2.24. The number of fused-ring (bicyclic) bond motifs is 1. The molecule has 10 nitrogen and oxygen atoms in total. The number of amides is 3. The van der Waals surface area contributed by atoms with E-state index in [0.29, 0.717) is 10.4 Å². The first kappa shape index (κ1) is 27.6. The van der Waals surface area contributed by atoms with E-state index >= 15 is 0 Å². The van der Waals surface area contributed by atoms with Gasteiger partial charge in [-0.25, -0.2) is 24.8 Å². The summed E-state index contributed by atoms with van der Waals surface area (Å²) in [6, 6.07) is -1.02. The number of aromatic nitrogens is 2. The molecule has 36 heavy (non-hydrogen) atoms. The van der Waals surface area contributed by atoms with Gasteiger partial charge in [0.1, 0.15) is 10.4 Å². The molecule has 0 unspecified atom stereocenters. The molecule has 0 bridgehead atoms. The summed E-state index contributed by atoms with van der Waals surface area (Å²) in [5.41, 5.74) is 5.50. The molecule has 3 rings (SSSR count). The second-order valence-electron chi connectivity index (χ2n) is 10.4. The van der Waals surface area contributed by atoms with Crippen molar-refractivity contribution in [1.29, 1.82) is 0 Å². The number of hydrazine groups is 1. The van der Waals surface area contributed by atoms with Crippen molar-refractivity contribution in [2.75, 3.05) is 0 Å². The summed E-state index contributed by atoms with van der Waals surface area (Å²) in [4.78, 5) is 51.1. The van der Waals surface area contributed by atoms with Crippen LogP contribution in [0.3, 0.4) is 0 Å². The van der Waals surface area contributed by atoms with E-state index in [4.69, 9.17) is 10.5 Å². The highest BCUT2D eigenvalue weighted by Gasteiger charge is 2.39. The number of halogens is 3. The number of carbonyl (C=O) groups is 2. The summed E-state index contributed by atoms with van der Waals surface area (Å²) >= 11 is 0.898. The maximum Gasteiger partial charge on any atom is 0.426 e. The number of nitrogens with two attached hydrogens (primary N) is 1. The van der Waals surface area contributed by atoms with Crippen LogP contribution in [-0.2, 0) is 24.4 Å². The Hall–Kier alpha value is -3.03. The second kappa shape index (κ2) is 9.45. The number of thiophene rings is 1. The molecule has 0 radical (unpaired) electrons. The minimum absolute atomic E-state index is 0.0700. The zero-order valence-corrected chi connectivity index (χ0v) is 21.6. The van der Waals surface area contributed by atoms with Gasteiger partial charge < -0.3 is 10.5 Å². The van der Waals surface area contributed by atoms with Crippen LogP contribution in [0.25, 0.3) is 10.2 Å². The molecule has 1 saturated carbocycles. The summed E-state index contributed by atoms with van der Waals surface area (Å²) in [5.74, 6) is 0. The Kier molecular flexibility index (Phi) is 7.23. The highest BCUT2D eigenvalue weighted by atomic mass is 32.1. The molecule has 0 saturated heterocycles. The lowest BCUT2D eigenvalue weighted by molar-refractivity contribution is -0.136. The first-order valence-electron chi connectivity index (χ1n) is 11.3. The Bertz CT molecular complexity index is 1300. The first-order valence-corrected chi connectivity index (χ1v) is 12.1. The van der Waals surface area contributed by atoms with Crippen molar-refractivity contribution in [3.63, 3.8) is 0 Å². The van der Waals surface area contributed by atoms with E-state index in [9.17, 15) is 32.3 Å². The van der Waals surface area contributed by atoms with Crippen LogP contribution in [0, 0.1) is 12.3 Å². The molecular formula is C22H30F3N5O5S. The van der Waals surface area contributed by atoms with Gasteiger partial charge in [0.05, 0.1) is 18.4 Å². The number of rotatable bonds is 6. The Morgan fingerprint density at radius 3 is 2.31 bits per heavy atom. The predicted molar refractivity (Wildman–Crippen MR) is 128 cm³/mol. The number of aryl methyl sites for hydroxylation is 2. The molecule has 1 aliphatic rings. The lowest BCUT2D eigenvalue weighted by atomic mass is 10.1. The van der Waals surface area contributed by atoms with Gasteiger partial charge in [0.25, 0.3) is 5.56 Å². The monoisotopic (exact) mass is 533 g/mol. The topological polar surface area (TPSA) is 129 Å². The second-order valence-corrected chi connectivity index (χ2v) is 11.5. The molecule has 0 aliphatic heterocycles. The summed E-state index contributed by atoms with van der Waals surface area (Å²) in [7, 11) is 0. The third-order valence-electron chi connectivity index (χ3n) is 5.85. The number of nitrogens with zero attached hydrogens (tertiary/aromatic N) is 3. The fraction of sp³-hybridized carbons (Fsp3) is 0.636. The van der Waals surface area contributed by atoms with Crippen molar-refractivity contribution >= 4 is 33.7 Å². The number of primary amides is 1. The average molecular weight is 534 g/mol. The number of hydrogen-bond donors (Lipinski definition) is 2. The van der Waals surface area contributed by atoms with Crippen molar-refractivity contribution in [2.45, 2.75) is 85.3 Å². The SMILES string of the molecule is Cc1c(CN(NC(=O)OC(C)(C)C)C(N)=O)sc2c1c(=O)n(CC1(C)CC1)c(=O)n2CCC(F)(F)F. The molecule has 1 aliphatic carbocycles. The minimum Gasteiger partial charge on any atom is -0.443 e. The molecule has 14 heteroatoms. The van der Waals surface area contributed by atoms with Crippen LogP contribution >= 0.6 is 11.3 Å². The van der Waals surface area contributed by atoms with Gasteiger partial charge in [-0.15, -0.1) is 11.3 Å². The van der Waals surface area contributed by atoms with Gasteiger partial charge in [0.15, 0.2) is 0 Å². The smallest absolute Gasteiger partial charge is 0.426 e. The Morgan fingerprint density at radius 1 is 1.19 bits per heavy atom. The van der Waals surface area contributed by atoms with E-state index in [1.54, 1.807) is 27.7 Å². The number of carbonyl (C=O) groups excluding carboxylic acids is 2. The number of alkyl halides is 3. The van der Waals surface area contributed by atoms with Gasteiger partial charge in [-0.1, -0.05) is 6.92 Å². The van der Waals surface area contributed by atoms with Crippen LogP contribution in [0.1, 0.15) is 57.4 Å². The molecule has 2 aromatic heterocycles. The average Bonchev–Trinajstić information content (AvgIpc) is 3.35. The molecule has 2 heterocycles. The molecule has 0 atom stereocenters. The Balaban J connectivity index is 2.07. The van der Waals surface area contributed by atoms with Gasteiger partial charge in [-0.3, -0.25) is 13.9 Å². The maximum atomic E-state index is 13.3. The molecular weight excluding hydrogens is 503 g/mol. The summed E-state index contributed by atoms with van der Waals surface area (Å²) in [6.45, 7) is 7.52. The van der Waals surface area contributed by atoms with E-state index in [1.807, 2.05) is 6.92 Å². The highest BCUT2D eigenvalue weighted by molar-refractivity contribution is 7.18. The van der Waals surface area contributed by atoms with Crippen molar-refractivity contribution in [3.8, 4) is 0 Å². The number of ether oxygens (including phenoxy) is 1. The van der Waals surface area contributed by atoms with Gasteiger partial charge in [-0.2, -0.15) is 13.2 Å². The zero-order chi connectivity index (χ0) is 27.2. The molecule has 0 aromatic carbocycles. The Morgan fingerprint density at radius 2 is 1.81 bits per heavy atom. The maximum absolute atomic E-state index is 13.3. The van der Waals surface area contributed by atoms with E-state index in [1.165, 1.54) is 0 Å². The standard InChI is InChI=1S/C22H30F3N5O5S/c1-12-13(10-30(17(26)32)27-18(33)35-20(2,3)4)36-16-14(12)15(31)29(11-21(5)6-7-21)19(34)28(16)9-8-22(23,24)25/h6-11H2,1-5H3,(H2,26,32)(H,27,33). The van der Waals surface area contributed by atoms with Gasteiger partial charge >= 0.3 is 24.0 Å². The molecule has 0 spiro atoms. The summed E-state index contributed by atoms with van der Waals surface area (Å²) in [6.07, 6.45) is -5.10. The van der Waals surface area contributed by atoms with Crippen LogP contribution in [0.5, 0.6) is 0 Å². The molecule has 2 aromatic rings. The molecule has 3 amide bonds. The van der Waals surface area contributed by atoms with Crippen LogP contribution < -0.4 is 22.4 Å². The molecule has 200 valence electrons. The number of nitrogens with one attached hydrogen (secondary N) is 1. The van der Waals surface area contributed by atoms with Crippen LogP contribution in [0.4, 0.5) is 22.8 Å².